The van der Waals surface area contributed by atoms with E-state index >= 15 is 0 Å². The number of hydrogen-bond donors (Lipinski definition) is 3. The van der Waals surface area contributed by atoms with Gasteiger partial charge in [0.1, 0.15) is 37.2 Å². The smallest absolute Gasteiger partial charge is 0.260 e. The van der Waals surface area contributed by atoms with Gasteiger partial charge >= 0.3 is 0 Å². The highest BCUT2D eigenvalue weighted by atomic mass is 19.2. The summed E-state index contributed by atoms with van der Waals surface area (Å²) in [6.45, 7) is 0.721. The molecular formula is C11H16FN5O3. The molecule has 1 saturated heterocycles. The number of ether oxygens (including phenoxy) is 1. The Labute approximate surface area is 114 Å². The second-order valence-electron chi connectivity index (χ2n) is 5.15. The molecule has 3 rings (SSSR count). The van der Waals surface area contributed by atoms with E-state index in [4.69, 9.17) is 15.6 Å². The highest BCUT2D eigenvalue weighted by molar-refractivity contribution is 5.96. The van der Waals surface area contributed by atoms with Gasteiger partial charge in [0.25, 0.3) is 5.85 Å². The Kier molecular flexibility index (Phi) is 3.00. The van der Waals surface area contributed by atoms with E-state index in [0.29, 0.717) is 5.84 Å². The molecule has 4 N–H and O–H groups in total. The fourth-order valence-corrected chi connectivity index (χ4v) is 2.70. The summed E-state index contributed by atoms with van der Waals surface area (Å²) in [5.74, 6) is -2.72. The Morgan fingerprint density at radius 2 is 2.30 bits per heavy atom. The van der Waals surface area contributed by atoms with E-state index in [1.165, 1.54) is 12.7 Å². The molecule has 8 nitrogen and oxygen atoms in total. The number of hydrogen-bond acceptors (Lipinski definition) is 8. The number of halogens is 1. The maximum Gasteiger partial charge on any atom is 0.260 e. The van der Waals surface area contributed by atoms with Gasteiger partial charge in [-0.3, -0.25) is 4.99 Å². The Hall–Kier alpha value is -1.58. The molecule has 1 fully saturated rings. The summed E-state index contributed by atoms with van der Waals surface area (Å²) >= 11 is 0. The summed E-state index contributed by atoms with van der Waals surface area (Å²) in [5, 5.41) is 18.9. The van der Waals surface area contributed by atoms with E-state index in [-0.39, 0.29) is 0 Å². The van der Waals surface area contributed by atoms with Crippen molar-refractivity contribution >= 4 is 18.5 Å². The third-order valence-corrected chi connectivity index (χ3v) is 3.89. The fraction of sp³-hybridized carbons (Fsp3) is 0.727. The zero-order chi connectivity index (χ0) is 14.5. The molecule has 0 amide bonds. The zero-order valence-electron chi connectivity index (χ0n) is 10.8. The summed E-state index contributed by atoms with van der Waals surface area (Å²) in [6, 6.07) is -0.434. The van der Waals surface area contributed by atoms with Gasteiger partial charge in [0.05, 0.1) is 6.34 Å². The lowest BCUT2D eigenvalue weighted by atomic mass is 10.00. The van der Waals surface area contributed by atoms with Gasteiger partial charge in [0, 0.05) is 5.92 Å². The van der Waals surface area contributed by atoms with Gasteiger partial charge in [0.2, 0.25) is 0 Å². The van der Waals surface area contributed by atoms with Gasteiger partial charge in [-0.05, 0) is 0 Å². The van der Waals surface area contributed by atoms with Crippen LogP contribution in [0.1, 0.15) is 6.92 Å². The predicted octanol–water partition coefficient (Wildman–Crippen LogP) is -1.56. The first-order valence-electron chi connectivity index (χ1n) is 6.29. The van der Waals surface area contributed by atoms with Crippen molar-refractivity contribution in [1.82, 2.24) is 4.90 Å². The zero-order valence-corrected chi connectivity index (χ0v) is 10.8. The first-order valence-corrected chi connectivity index (χ1v) is 6.29. The van der Waals surface area contributed by atoms with E-state index in [1.54, 1.807) is 11.8 Å². The first kappa shape index (κ1) is 13.4. The summed E-state index contributed by atoms with van der Waals surface area (Å²) in [4.78, 5) is 13.8. The maximum atomic E-state index is 14.2. The molecule has 110 valence electrons. The average Bonchev–Trinajstić information content (AvgIpc) is 2.96. The number of nitrogens with two attached hydrogens (primary N) is 1. The highest BCUT2D eigenvalue weighted by Crippen LogP contribution is 2.39. The molecular weight excluding hydrogens is 269 g/mol. The van der Waals surface area contributed by atoms with E-state index in [9.17, 15) is 9.50 Å². The molecule has 3 heterocycles. The molecule has 0 bridgehead atoms. The van der Waals surface area contributed by atoms with Crippen LogP contribution in [0, 0.1) is 5.92 Å². The summed E-state index contributed by atoms with van der Waals surface area (Å²) in [5.41, 5.74) is 5.74. The van der Waals surface area contributed by atoms with Crippen LogP contribution in [0.25, 0.3) is 0 Å². The van der Waals surface area contributed by atoms with Gasteiger partial charge < -0.3 is 25.6 Å². The Balaban J connectivity index is 1.83. The van der Waals surface area contributed by atoms with Crippen molar-refractivity contribution in [1.29, 1.82) is 0 Å². The molecule has 0 aliphatic carbocycles. The standard InChI is InChI=1S/C11H16FN5O3/c1-5-7(19)11(12,2-18)20-10(5)17-4-16-6-8(13)14-3-15-9(6)17/h3-7,9-10,18-19H,2H2,1H3,(H2,13,14,15)/t5-,6?,7-,9?,10+,11+/m0/s1. The van der Waals surface area contributed by atoms with Crippen molar-refractivity contribution in [3.63, 3.8) is 0 Å². The minimum absolute atomic E-state index is 0.323. The van der Waals surface area contributed by atoms with Crippen molar-refractivity contribution in [2.75, 3.05) is 6.61 Å². The minimum Gasteiger partial charge on any atom is -0.390 e. The SMILES string of the molecule is C[C@@H]1[C@H](N2C=NC3C(N)=NC=NC32)O[C@](F)(CO)[C@H]1O. The minimum atomic E-state index is -2.48. The van der Waals surface area contributed by atoms with Crippen molar-refractivity contribution in [2.45, 2.75) is 37.3 Å². The van der Waals surface area contributed by atoms with E-state index in [2.05, 4.69) is 15.0 Å². The molecule has 6 atom stereocenters. The quantitative estimate of drug-likeness (QED) is 0.567. The van der Waals surface area contributed by atoms with Crippen LogP contribution >= 0.6 is 0 Å². The van der Waals surface area contributed by atoms with Crippen LogP contribution in [0.4, 0.5) is 4.39 Å². The molecule has 0 aromatic rings. The highest BCUT2D eigenvalue weighted by Gasteiger charge is 2.57. The number of aliphatic imine (C=N–C) groups is 3. The van der Waals surface area contributed by atoms with Gasteiger partial charge in [-0.2, -0.15) is 0 Å². The maximum absolute atomic E-state index is 14.2. The first-order chi connectivity index (χ1) is 9.48. The second-order valence-corrected chi connectivity index (χ2v) is 5.15. The number of fused-ring (bicyclic) bond motifs is 1. The number of rotatable bonds is 2. The summed E-state index contributed by atoms with van der Waals surface area (Å²) < 4.78 is 19.4. The molecule has 0 aromatic heterocycles. The molecule has 0 radical (unpaired) electrons. The molecule has 0 spiro atoms. The molecule has 0 saturated carbocycles. The largest absolute Gasteiger partial charge is 0.390 e. The molecule has 3 aliphatic heterocycles. The third kappa shape index (κ3) is 1.74. The predicted molar refractivity (Wildman–Crippen MR) is 69.0 cm³/mol. The van der Waals surface area contributed by atoms with Crippen molar-refractivity contribution in [2.24, 2.45) is 26.6 Å². The van der Waals surface area contributed by atoms with Gasteiger partial charge in [-0.15, -0.1) is 0 Å². The number of aliphatic hydroxyl groups is 2. The Bertz CT molecular complexity index is 498. The number of nitrogens with zero attached hydrogens (tertiary/aromatic N) is 4. The lowest BCUT2D eigenvalue weighted by Crippen LogP contribution is -2.49. The molecule has 0 aromatic carbocycles. The normalized spacial score (nSPS) is 46.7. The summed E-state index contributed by atoms with van der Waals surface area (Å²) in [6.07, 6.45) is 0.112. The second kappa shape index (κ2) is 4.47. The topological polar surface area (TPSA) is 116 Å². The van der Waals surface area contributed by atoms with Crippen LogP contribution in [0.3, 0.4) is 0 Å². The summed E-state index contributed by atoms with van der Waals surface area (Å²) in [7, 11) is 0. The van der Waals surface area contributed by atoms with Crippen LogP contribution in [-0.2, 0) is 4.74 Å². The lowest BCUT2D eigenvalue weighted by Gasteiger charge is -2.32. The van der Waals surface area contributed by atoms with Crippen molar-refractivity contribution in [3.8, 4) is 0 Å². The fourth-order valence-electron chi connectivity index (χ4n) is 2.70. The van der Waals surface area contributed by atoms with Gasteiger partial charge in [-0.25, -0.2) is 14.4 Å². The van der Waals surface area contributed by atoms with E-state index in [1.807, 2.05) is 0 Å². The van der Waals surface area contributed by atoms with E-state index < -0.39 is 42.9 Å². The van der Waals surface area contributed by atoms with E-state index in [0.717, 1.165) is 0 Å². The van der Waals surface area contributed by atoms with Crippen LogP contribution in [0.2, 0.25) is 0 Å². The molecule has 20 heavy (non-hydrogen) atoms. The lowest BCUT2D eigenvalue weighted by molar-refractivity contribution is -0.211. The third-order valence-electron chi connectivity index (χ3n) is 3.89. The Morgan fingerprint density at radius 3 is 2.95 bits per heavy atom. The molecule has 3 aliphatic rings. The van der Waals surface area contributed by atoms with Crippen LogP contribution in [0.5, 0.6) is 0 Å². The number of amidine groups is 1. The van der Waals surface area contributed by atoms with Crippen LogP contribution in [0.15, 0.2) is 15.0 Å². The van der Waals surface area contributed by atoms with Crippen LogP contribution < -0.4 is 5.73 Å². The Morgan fingerprint density at radius 1 is 1.55 bits per heavy atom. The average molecular weight is 285 g/mol. The molecule has 9 heteroatoms. The van der Waals surface area contributed by atoms with Crippen LogP contribution in [-0.4, -0.2) is 70.6 Å². The number of aliphatic hydroxyl groups excluding tert-OH is 2. The van der Waals surface area contributed by atoms with Crippen molar-refractivity contribution in [3.05, 3.63) is 0 Å². The van der Waals surface area contributed by atoms with Crippen molar-refractivity contribution < 1.29 is 19.3 Å². The number of alkyl halides is 1. The van der Waals surface area contributed by atoms with Gasteiger partial charge in [0.15, 0.2) is 6.17 Å². The monoisotopic (exact) mass is 285 g/mol. The molecule has 2 unspecified atom stereocenters. The van der Waals surface area contributed by atoms with Gasteiger partial charge in [-0.1, -0.05) is 6.92 Å².